The number of rotatable bonds is 6. The second-order valence-electron chi connectivity index (χ2n) is 6.44. The first kappa shape index (κ1) is 18.5. The highest BCUT2D eigenvalue weighted by Crippen LogP contribution is 2.27. The maximum Gasteiger partial charge on any atom is 0.271 e. The van der Waals surface area contributed by atoms with Gasteiger partial charge < -0.3 is 9.84 Å². The molecule has 1 unspecified atom stereocenters. The molecule has 0 aliphatic rings. The largest absolute Gasteiger partial charge is 0.339 e. The summed E-state index contributed by atoms with van der Waals surface area (Å²) in [6.07, 6.45) is 3.35. The van der Waals surface area contributed by atoms with E-state index in [2.05, 4.69) is 25.4 Å². The highest BCUT2D eigenvalue weighted by Gasteiger charge is 2.26. The number of hydrogen-bond acceptors (Lipinski definition) is 8. The van der Waals surface area contributed by atoms with Gasteiger partial charge in [0.05, 0.1) is 0 Å². The zero-order valence-corrected chi connectivity index (χ0v) is 16.8. The number of hydrogen-bond donors (Lipinski definition) is 1. The number of thiophene rings is 1. The van der Waals surface area contributed by atoms with E-state index in [-0.39, 0.29) is 11.8 Å². The van der Waals surface area contributed by atoms with Crippen molar-refractivity contribution < 1.29 is 9.32 Å². The van der Waals surface area contributed by atoms with Crippen LogP contribution in [0.4, 0.5) is 0 Å². The third-order valence-corrected chi connectivity index (χ3v) is 5.66. The summed E-state index contributed by atoms with van der Waals surface area (Å²) in [7, 11) is 0. The van der Waals surface area contributed by atoms with Crippen molar-refractivity contribution in [2.45, 2.75) is 19.9 Å². The van der Waals surface area contributed by atoms with Gasteiger partial charge in [-0.2, -0.15) is 16.3 Å². The molecule has 9 heteroatoms. The zero-order chi connectivity index (χ0) is 19.5. The minimum atomic E-state index is -0.420. The molecule has 4 heterocycles. The number of nitrogens with one attached hydrogen (secondary N) is 1. The summed E-state index contributed by atoms with van der Waals surface area (Å²) in [5, 5.41) is 13.6. The summed E-state index contributed by atoms with van der Waals surface area (Å²) in [4.78, 5) is 25.7. The Hall–Kier alpha value is -2.91. The molecule has 142 valence electrons. The SMILES string of the molecule is CC(C)C(NC(=O)c1csc(-c2ccsc2)n1)c1nc(-c2cccnc2)no1. The van der Waals surface area contributed by atoms with Crippen LogP contribution in [0.25, 0.3) is 22.0 Å². The molecule has 0 aromatic carbocycles. The zero-order valence-electron chi connectivity index (χ0n) is 15.2. The second-order valence-corrected chi connectivity index (χ2v) is 8.08. The number of carbonyl (C=O) groups is 1. The molecule has 0 saturated carbocycles. The van der Waals surface area contributed by atoms with Gasteiger partial charge in [0, 0.05) is 34.3 Å². The maximum absolute atomic E-state index is 12.7. The number of pyridine rings is 1. The Kier molecular flexibility index (Phi) is 5.27. The monoisotopic (exact) mass is 411 g/mol. The summed E-state index contributed by atoms with van der Waals surface area (Å²) < 4.78 is 5.42. The molecular weight excluding hydrogens is 394 g/mol. The highest BCUT2D eigenvalue weighted by molar-refractivity contribution is 7.14. The van der Waals surface area contributed by atoms with Crippen molar-refractivity contribution in [3.05, 3.63) is 58.3 Å². The van der Waals surface area contributed by atoms with E-state index in [4.69, 9.17) is 4.52 Å². The number of amides is 1. The van der Waals surface area contributed by atoms with Gasteiger partial charge in [0.1, 0.15) is 16.7 Å². The lowest BCUT2D eigenvalue weighted by Crippen LogP contribution is -2.32. The van der Waals surface area contributed by atoms with E-state index in [1.165, 1.54) is 11.3 Å². The van der Waals surface area contributed by atoms with Gasteiger partial charge in [-0.15, -0.1) is 11.3 Å². The molecule has 1 amide bonds. The summed E-state index contributed by atoms with van der Waals surface area (Å²) in [5.41, 5.74) is 2.16. The van der Waals surface area contributed by atoms with E-state index in [9.17, 15) is 4.79 Å². The lowest BCUT2D eigenvalue weighted by Gasteiger charge is -2.17. The van der Waals surface area contributed by atoms with Crippen LogP contribution < -0.4 is 5.32 Å². The minimum absolute atomic E-state index is 0.0566. The highest BCUT2D eigenvalue weighted by atomic mass is 32.1. The van der Waals surface area contributed by atoms with Gasteiger partial charge >= 0.3 is 0 Å². The van der Waals surface area contributed by atoms with E-state index >= 15 is 0 Å². The van der Waals surface area contributed by atoms with Crippen molar-refractivity contribution in [2.75, 3.05) is 0 Å². The van der Waals surface area contributed by atoms with Gasteiger partial charge in [-0.05, 0) is 29.5 Å². The third kappa shape index (κ3) is 3.85. The smallest absolute Gasteiger partial charge is 0.271 e. The van der Waals surface area contributed by atoms with E-state index in [0.717, 1.165) is 16.1 Å². The molecule has 0 saturated heterocycles. The molecular formula is C19H17N5O2S2. The normalized spacial score (nSPS) is 12.2. The Balaban J connectivity index is 1.53. The summed E-state index contributed by atoms with van der Waals surface area (Å²) >= 11 is 3.04. The van der Waals surface area contributed by atoms with Crippen molar-refractivity contribution >= 4 is 28.6 Å². The van der Waals surface area contributed by atoms with E-state index in [1.54, 1.807) is 35.2 Å². The Morgan fingerprint density at radius 2 is 2.07 bits per heavy atom. The van der Waals surface area contributed by atoms with Gasteiger partial charge in [0.25, 0.3) is 5.91 Å². The van der Waals surface area contributed by atoms with Gasteiger partial charge in [-0.25, -0.2) is 4.98 Å². The maximum atomic E-state index is 12.7. The summed E-state index contributed by atoms with van der Waals surface area (Å²) in [5.74, 6) is 0.588. The van der Waals surface area contributed by atoms with Crippen LogP contribution in [-0.2, 0) is 0 Å². The molecule has 0 spiro atoms. The minimum Gasteiger partial charge on any atom is -0.339 e. The first-order valence-electron chi connectivity index (χ1n) is 8.65. The van der Waals surface area contributed by atoms with Crippen molar-refractivity contribution in [3.8, 4) is 22.0 Å². The fourth-order valence-electron chi connectivity index (χ4n) is 2.60. The Bertz CT molecular complexity index is 1060. The quantitative estimate of drug-likeness (QED) is 0.504. The predicted octanol–water partition coefficient (Wildman–Crippen LogP) is 4.44. The lowest BCUT2D eigenvalue weighted by molar-refractivity contribution is 0.0909. The first-order valence-corrected chi connectivity index (χ1v) is 10.5. The van der Waals surface area contributed by atoms with Crippen LogP contribution >= 0.6 is 22.7 Å². The molecule has 4 aromatic heterocycles. The lowest BCUT2D eigenvalue weighted by atomic mass is 10.0. The number of aromatic nitrogens is 4. The molecule has 0 radical (unpaired) electrons. The Labute approximate surface area is 169 Å². The average molecular weight is 412 g/mol. The average Bonchev–Trinajstić information content (AvgIpc) is 3.47. The Morgan fingerprint density at radius 1 is 1.18 bits per heavy atom. The van der Waals surface area contributed by atoms with Gasteiger partial charge in [-0.3, -0.25) is 9.78 Å². The molecule has 0 aliphatic heterocycles. The van der Waals surface area contributed by atoms with Crippen LogP contribution in [-0.4, -0.2) is 26.0 Å². The van der Waals surface area contributed by atoms with Gasteiger partial charge in [0.15, 0.2) is 0 Å². The molecule has 0 aliphatic carbocycles. The molecule has 28 heavy (non-hydrogen) atoms. The Morgan fingerprint density at radius 3 is 2.79 bits per heavy atom. The van der Waals surface area contributed by atoms with Crippen LogP contribution in [0.5, 0.6) is 0 Å². The van der Waals surface area contributed by atoms with Crippen LogP contribution in [0, 0.1) is 5.92 Å². The van der Waals surface area contributed by atoms with Crippen LogP contribution in [0.3, 0.4) is 0 Å². The fourth-order valence-corrected chi connectivity index (χ4v) is 4.11. The van der Waals surface area contributed by atoms with Crippen LogP contribution in [0.2, 0.25) is 0 Å². The molecule has 4 rings (SSSR count). The summed E-state index contributed by atoms with van der Waals surface area (Å²) in [6.45, 7) is 3.97. The molecule has 7 nitrogen and oxygen atoms in total. The van der Waals surface area contributed by atoms with Gasteiger partial charge in [0.2, 0.25) is 11.7 Å². The topological polar surface area (TPSA) is 93.8 Å². The number of thiazole rings is 1. The number of nitrogens with zero attached hydrogens (tertiary/aromatic N) is 4. The molecule has 0 fully saturated rings. The fraction of sp³-hybridized carbons (Fsp3) is 0.211. The first-order chi connectivity index (χ1) is 13.6. The van der Waals surface area contributed by atoms with E-state index < -0.39 is 6.04 Å². The summed E-state index contributed by atoms with van der Waals surface area (Å²) in [6, 6.07) is 5.23. The van der Waals surface area contributed by atoms with E-state index in [1.807, 2.05) is 36.7 Å². The number of carbonyl (C=O) groups excluding carboxylic acids is 1. The van der Waals surface area contributed by atoms with Crippen molar-refractivity contribution in [1.82, 2.24) is 25.4 Å². The molecule has 0 bridgehead atoms. The third-order valence-electron chi connectivity index (χ3n) is 4.09. The second kappa shape index (κ2) is 7.99. The predicted molar refractivity (Wildman–Crippen MR) is 108 cm³/mol. The molecule has 4 aromatic rings. The van der Waals surface area contributed by atoms with Gasteiger partial charge in [-0.1, -0.05) is 19.0 Å². The molecule has 1 atom stereocenters. The van der Waals surface area contributed by atoms with Crippen LogP contribution in [0.1, 0.15) is 36.3 Å². The van der Waals surface area contributed by atoms with E-state index in [0.29, 0.717) is 17.4 Å². The molecule has 1 N–H and O–H groups in total. The van der Waals surface area contributed by atoms with Crippen LogP contribution in [0.15, 0.2) is 51.3 Å². The van der Waals surface area contributed by atoms with Crippen molar-refractivity contribution in [2.24, 2.45) is 5.92 Å². The van der Waals surface area contributed by atoms with Crippen molar-refractivity contribution in [3.63, 3.8) is 0 Å². The van der Waals surface area contributed by atoms with Crippen molar-refractivity contribution in [1.29, 1.82) is 0 Å². The standard InChI is InChI=1S/C19H17N5O2S2/c1-11(2)15(18-23-16(24-26-18)12-4-3-6-20-8-12)22-17(25)14-10-28-19(21-14)13-5-7-27-9-13/h3-11,15H,1-2H3,(H,22,25).